The molecule has 2 rings (SSSR count). The Kier molecular flexibility index (Phi) is 3.07. The molecule has 1 unspecified atom stereocenters. The molecule has 17 heavy (non-hydrogen) atoms. The number of hydrogen-bond acceptors (Lipinski definition) is 1. The molecule has 1 aromatic carbocycles. The number of ether oxygens (including phenoxy) is 1. The maximum atomic E-state index is 5.90. The van der Waals surface area contributed by atoms with Crippen molar-refractivity contribution in [3.05, 3.63) is 35.4 Å². The van der Waals surface area contributed by atoms with Crippen molar-refractivity contribution < 1.29 is 4.74 Å². The summed E-state index contributed by atoms with van der Waals surface area (Å²) in [6.45, 7) is 13.2. The molecule has 94 valence electrons. The Morgan fingerprint density at radius 1 is 1.18 bits per heavy atom. The summed E-state index contributed by atoms with van der Waals surface area (Å²) in [4.78, 5) is 0. The highest BCUT2D eigenvalue weighted by Crippen LogP contribution is 2.50. The minimum Gasteiger partial charge on any atom is -0.376 e. The maximum Gasteiger partial charge on any atom is 0.0720 e. The third-order valence-corrected chi connectivity index (χ3v) is 4.41. The van der Waals surface area contributed by atoms with Gasteiger partial charge in [0.25, 0.3) is 0 Å². The minimum absolute atomic E-state index is 0.127. The fraction of sp³-hybridized carbons (Fsp3) is 0.625. The summed E-state index contributed by atoms with van der Waals surface area (Å²) in [6, 6.07) is 8.77. The first-order valence-corrected chi connectivity index (χ1v) is 6.56. The highest BCUT2D eigenvalue weighted by Gasteiger charge is 2.48. The lowest BCUT2D eigenvalue weighted by atomic mass is 9.56. The Morgan fingerprint density at radius 3 is 2.41 bits per heavy atom. The van der Waals surface area contributed by atoms with Crippen molar-refractivity contribution in [1.29, 1.82) is 0 Å². The summed E-state index contributed by atoms with van der Waals surface area (Å²) in [5.74, 6) is 0.573. The Bertz CT molecular complexity index is 400. The SMILES string of the molecule is CC(C)C1(C(C)(C)C)COCc2ccccc21. The minimum atomic E-state index is 0.127. The first kappa shape index (κ1) is 12.6. The van der Waals surface area contributed by atoms with Gasteiger partial charge in [0, 0.05) is 5.41 Å². The van der Waals surface area contributed by atoms with E-state index in [9.17, 15) is 0 Å². The fourth-order valence-electron chi connectivity index (χ4n) is 3.45. The van der Waals surface area contributed by atoms with Gasteiger partial charge >= 0.3 is 0 Å². The van der Waals surface area contributed by atoms with E-state index in [4.69, 9.17) is 4.74 Å². The monoisotopic (exact) mass is 232 g/mol. The third kappa shape index (κ3) is 1.81. The van der Waals surface area contributed by atoms with Crippen molar-refractivity contribution in [1.82, 2.24) is 0 Å². The van der Waals surface area contributed by atoms with Crippen LogP contribution in [0.5, 0.6) is 0 Å². The van der Waals surface area contributed by atoms with E-state index in [0.717, 1.165) is 13.2 Å². The molecule has 0 radical (unpaired) electrons. The molecule has 1 atom stereocenters. The zero-order valence-corrected chi connectivity index (χ0v) is 11.7. The van der Waals surface area contributed by atoms with Crippen LogP contribution < -0.4 is 0 Å². The molecule has 1 nitrogen and oxygen atoms in total. The van der Waals surface area contributed by atoms with Crippen molar-refractivity contribution in [3.8, 4) is 0 Å². The molecular formula is C16H24O. The zero-order chi connectivity index (χ0) is 12.7. The average molecular weight is 232 g/mol. The molecule has 0 spiro atoms. The van der Waals surface area contributed by atoms with Gasteiger partial charge in [0.15, 0.2) is 0 Å². The van der Waals surface area contributed by atoms with Crippen LogP contribution in [-0.4, -0.2) is 6.61 Å². The van der Waals surface area contributed by atoms with Crippen molar-refractivity contribution >= 4 is 0 Å². The second-order valence-corrected chi connectivity index (χ2v) is 6.53. The molecule has 0 saturated heterocycles. The van der Waals surface area contributed by atoms with Gasteiger partial charge in [-0.1, -0.05) is 58.9 Å². The fourth-order valence-corrected chi connectivity index (χ4v) is 3.45. The normalized spacial score (nSPS) is 24.8. The lowest BCUT2D eigenvalue weighted by Crippen LogP contribution is -2.50. The van der Waals surface area contributed by atoms with E-state index in [0.29, 0.717) is 5.92 Å². The third-order valence-electron chi connectivity index (χ3n) is 4.41. The lowest BCUT2D eigenvalue weighted by molar-refractivity contribution is -0.0241. The van der Waals surface area contributed by atoms with E-state index in [1.807, 2.05) is 0 Å². The first-order valence-electron chi connectivity index (χ1n) is 6.56. The van der Waals surface area contributed by atoms with Crippen LogP contribution in [0.2, 0.25) is 0 Å². The van der Waals surface area contributed by atoms with Crippen LogP contribution in [0.1, 0.15) is 45.7 Å². The van der Waals surface area contributed by atoms with Crippen LogP contribution in [0.15, 0.2) is 24.3 Å². The van der Waals surface area contributed by atoms with Crippen LogP contribution in [0.25, 0.3) is 0 Å². The molecule has 1 heteroatoms. The molecule has 0 aliphatic carbocycles. The Morgan fingerprint density at radius 2 is 1.82 bits per heavy atom. The quantitative estimate of drug-likeness (QED) is 0.706. The average Bonchev–Trinajstić information content (AvgIpc) is 2.26. The molecule has 0 bridgehead atoms. The van der Waals surface area contributed by atoms with Crippen molar-refractivity contribution in [2.24, 2.45) is 11.3 Å². The summed E-state index contributed by atoms with van der Waals surface area (Å²) < 4.78 is 5.90. The highest BCUT2D eigenvalue weighted by molar-refractivity contribution is 5.38. The van der Waals surface area contributed by atoms with Gasteiger partial charge in [-0.15, -0.1) is 0 Å². The molecule has 0 amide bonds. The van der Waals surface area contributed by atoms with Crippen LogP contribution in [0.4, 0.5) is 0 Å². The van der Waals surface area contributed by atoms with Gasteiger partial charge in [-0.05, 0) is 22.5 Å². The summed E-state index contributed by atoms with van der Waals surface area (Å²) in [5, 5.41) is 0. The summed E-state index contributed by atoms with van der Waals surface area (Å²) in [6.07, 6.45) is 0. The zero-order valence-electron chi connectivity index (χ0n) is 11.7. The predicted octanol–water partition coefficient (Wildman–Crippen LogP) is 4.16. The van der Waals surface area contributed by atoms with E-state index in [2.05, 4.69) is 58.9 Å². The molecule has 0 saturated carbocycles. The van der Waals surface area contributed by atoms with Crippen molar-refractivity contribution in [2.75, 3.05) is 6.61 Å². The number of fused-ring (bicyclic) bond motifs is 1. The number of benzene rings is 1. The van der Waals surface area contributed by atoms with Crippen molar-refractivity contribution in [2.45, 2.75) is 46.6 Å². The van der Waals surface area contributed by atoms with Gasteiger partial charge in [-0.3, -0.25) is 0 Å². The molecule has 1 heterocycles. The number of hydrogen-bond donors (Lipinski definition) is 0. The maximum absolute atomic E-state index is 5.90. The molecule has 0 fully saturated rings. The smallest absolute Gasteiger partial charge is 0.0720 e. The van der Waals surface area contributed by atoms with Gasteiger partial charge in [0.1, 0.15) is 0 Å². The molecule has 1 aliphatic rings. The summed E-state index contributed by atoms with van der Waals surface area (Å²) in [7, 11) is 0. The highest BCUT2D eigenvalue weighted by atomic mass is 16.5. The second kappa shape index (κ2) is 4.13. The van der Waals surface area contributed by atoms with Gasteiger partial charge in [-0.2, -0.15) is 0 Å². The van der Waals surface area contributed by atoms with Crippen LogP contribution >= 0.6 is 0 Å². The van der Waals surface area contributed by atoms with Crippen molar-refractivity contribution in [3.63, 3.8) is 0 Å². The molecule has 0 N–H and O–H groups in total. The Hall–Kier alpha value is -0.820. The van der Waals surface area contributed by atoms with Gasteiger partial charge < -0.3 is 4.74 Å². The Labute approximate surface area is 105 Å². The number of rotatable bonds is 1. The van der Waals surface area contributed by atoms with E-state index in [1.54, 1.807) is 0 Å². The largest absolute Gasteiger partial charge is 0.376 e. The lowest BCUT2D eigenvalue weighted by Gasteiger charge is -2.51. The first-order chi connectivity index (χ1) is 7.89. The van der Waals surface area contributed by atoms with Crippen LogP contribution in [0, 0.1) is 11.3 Å². The van der Waals surface area contributed by atoms with Gasteiger partial charge in [0.2, 0.25) is 0 Å². The standard InChI is InChI=1S/C16H24O/c1-12(2)16(15(3,4)5)11-17-10-13-8-6-7-9-14(13)16/h6-9,12H,10-11H2,1-5H3. The van der Waals surface area contributed by atoms with Crippen LogP contribution in [-0.2, 0) is 16.8 Å². The Balaban J connectivity index is 2.64. The molecule has 1 aliphatic heterocycles. The summed E-state index contributed by atoms with van der Waals surface area (Å²) >= 11 is 0. The predicted molar refractivity (Wildman–Crippen MR) is 72.1 cm³/mol. The van der Waals surface area contributed by atoms with E-state index < -0.39 is 0 Å². The molecular weight excluding hydrogens is 208 g/mol. The molecule has 0 aromatic heterocycles. The summed E-state index contributed by atoms with van der Waals surface area (Å²) in [5.41, 5.74) is 3.19. The van der Waals surface area contributed by atoms with E-state index in [1.165, 1.54) is 11.1 Å². The van der Waals surface area contributed by atoms with Crippen LogP contribution in [0.3, 0.4) is 0 Å². The van der Waals surface area contributed by atoms with Gasteiger partial charge in [0.05, 0.1) is 13.2 Å². The van der Waals surface area contributed by atoms with Gasteiger partial charge in [-0.25, -0.2) is 0 Å². The molecule has 1 aromatic rings. The van der Waals surface area contributed by atoms with E-state index in [-0.39, 0.29) is 10.8 Å². The topological polar surface area (TPSA) is 9.23 Å². The van der Waals surface area contributed by atoms with E-state index >= 15 is 0 Å². The second-order valence-electron chi connectivity index (χ2n) is 6.53.